The van der Waals surface area contributed by atoms with E-state index in [-0.39, 0.29) is 0 Å². The van der Waals surface area contributed by atoms with Crippen LogP contribution in [0.5, 0.6) is 0 Å². The molecule has 3 rings (SSSR count). The molecule has 1 aromatic carbocycles. The second kappa shape index (κ2) is 4.82. The van der Waals surface area contributed by atoms with Crippen molar-refractivity contribution in [2.75, 3.05) is 11.9 Å². The average molecular weight is 332 g/mol. The smallest absolute Gasteiger partial charge is 0.161 e. The lowest BCUT2D eigenvalue weighted by molar-refractivity contribution is 0.773. The average Bonchev–Trinajstić information content (AvgIpc) is 3.04. The summed E-state index contributed by atoms with van der Waals surface area (Å²) in [6.07, 6.45) is 2.75. The highest BCUT2D eigenvalue weighted by molar-refractivity contribution is 9.10. The number of benzene rings is 1. The van der Waals surface area contributed by atoms with E-state index in [2.05, 4.69) is 26.2 Å². The molecule has 2 aliphatic rings. The Morgan fingerprint density at radius 2 is 2.24 bits per heavy atom. The van der Waals surface area contributed by atoms with Gasteiger partial charge in [-0.3, -0.25) is 4.99 Å². The first-order valence-electron chi connectivity index (χ1n) is 5.65. The van der Waals surface area contributed by atoms with E-state index in [4.69, 9.17) is 11.6 Å². The largest absolute Gasteiger partial charge is 0.334 e. The number of nitrogens with zero attached hydrogens (tertiary/aromatic N) is 1. The first kappa shape index (κ1) is 11.9. The molecule has 1 saturated carbocycles. The molecule has 17 heavy (non-hydrogen) atoms. The summed E-state index contributed by atoms with van der Waals surface area (Å²) in [6.45, 7) is 0.950. The molecule has 1 aliphatic carbocycles. The zero-order chi connectivity index (χ0) is 11.8. The fourth-order valence-corrected chi connectivity index (χ4v) is 3.82. The number of rotatable bonds is 2. The Morgan fingerprint density at radius 1 is 1.41 bits per heavy atom. The van der Waals surface area contributed by atoms with Crippen LogP contribution in [0.1, 0.15) is 12.8 Å². The van der Waals surface area contributed by atoms with Crippen molar-refractivity contribution >= 4 is 50.1 Å². The Bertz CT molecular complexity index is 474. The van der Waals surface area contributed by atoms with Gasteiger partial charge in [-0.25, -0.2) is 0 Å². The monoisotopic (exact) mass is 330 g/mol. The number of thioether (sulfide) groups is 1. The third kappa shape index (κ3) is 2.80. The van der Waals surface area contributed by atoms with Crippen molar-refractivity contribution in [1.82, 2.24) is 0 Å². The molecule has 1 N–H and O–H groups in total. The van der Waals surface area contributed by atoms with E-state index < -0.39 is 0 Å². The number of amidine groups is 1. The summed E-state index contributed by atoms with van der Waals surface area (Å²) < 4.78 is 0.991. The molecule has 5 heteroatoms. The van der Waals surface area contributed by atoms with Gasteiger partial charge in [0.1, 0.15) is 0 Å². The molecule has 0 aromatic heterocycles. The van der Waals surface area contributed by atoms with E-state index in [0.717, 1.165) is 32.8 Å². The van der Waals surface area contributed by atoms with Crippen molar-refractivity contribution in [3.05, 3.63) is 27.7 Å². The van der Waals surface area contributed by atoms with Crippen molar-refractivity contribution in [2.24, 2.45) is 10.9 Å². The molecular weight excluding hydrogens is 320 g/mol. The van der Waals surface area contributed by atoms with E-state index in [1.165, 1.54) is 12.8 Å². The van der Waals surface area contributed by atoms with Gasteiger partial charge in [-0.1, -0.05) is 39.3 Å². The number of hydrogen-bond acceptors (Lipinski definition) is 3. The van der Waals surface area contributed by atoms with Gasteiger partial charge in [-0.2, -0.15) is 0 Å². The summed E-state index contributed by atoms with van der Waals surface area (Å²) >= 11 is 11.4. The van der Waals surface area contributed by atoms with Gasteiger partial charge in [-0.15, -0.1) is 0 Å². The second-order valence-corrected chi connectivity index (χ2v) is 6.94. The van der Waals surface area contributed by atoms with Crippen LogP contribution < -0.4 is 5.32 Å². The molecular formula is C12H12BrClN2S. The fourth-order valence-electron chi connectivity index (χ4n) is 1.88. The number of aliphatic imine (C=N–C) groups is 1. The predicted octanol–water partition coefficient (Wildman–Crippen LogP) is 4.40. The summed E-state index contributed by atoms with van der Waals surface area (Å²) in [5.41, 5.74) is 0.928. The van der Waals surface area contributed by atoms with Gasteiger partial charge in [0.15, 0.2) is 5.17 Å². The lowest BCUT2D eigenvalue weighted by atomic mass is 10.3. The van der Waals surface area contributed by atoms with Crippen LogP contribution in [0.4, 0.5) is 5.69 Å². The van der Waals surface area contributed by atoms with Crippen LogP contribution in [-0.4, -0.2) is 17.0 Å². The lowest BCUT2D eigenvalue weighted by Crippen LogP contribution is -2.09. The standard InChI is InChI=1S/C12H12BrClN2S/c13-8-3-4-10(9(14)5-8)16-12-15-6-11(17-12)7-1-2-7/h3-5,7,11H,1-2,6H2,(H,15,16). The van der Waals surface area contributed by atoms with Crippen molar-refractivity contribution < 1.29 is 0 Å². The summed E-state index contributed by atoms with van der Waals surface area (Å²) in [7, 11) is 0. The number of halogens is 2. The molecule has 0 radical (unpaired) electrons. The highest BCUT2D eigenvalue weighted by atomic mass is 79.9. The molecule has 0 saturated heterocycles. The molecule has 1 fully saturated rings. The summed E-state index contributed by atoms with van der Waals surface area (Å²) in [4.78, 5) is 4.54. The zero-order valence-electron chi connectivity index (χ0n) is 9.12. The van der Waals surface area contributed by atoms with Gasteiger partial charge in [0.2, 0.25) is 0 Å². The number of anilines is 1. The first-order valence-corrected chi connectivity index (χ1v) is 7.70. The van der Waals surface area contributed by atoms with Gasteiger partial charge in [0.05, 0.1) is 17.3 Å². The summed E-state index contributed by atoms with van der Waals surface area (Å²) in [6, 6.07) is 5.84. The fraction of sp³-hybridized carbons (Fsp3) is 0.417. The molecule has 1 aromatic rings. The highest BCUT2D eigenvalue weighted by Gasteiger charge is 2.35. The third-order valence-corrected chi connectivity index (χ3v) is 5.10. The summed E-state index contributed by atoms with van der Waals surface area (Å²) in [5, 5.41) is 5.72. The number of hydrogen-bond donors (Lipinski definition) is 1. The van der Waals surface area contributed by atoms with E-state index in [9.17, 15) is 0 Å². The first-order chi connectivity index (χ1) is 8.22. The Morgan fingerprint density at radius 3 is 2.94 bits per heavy atom. The highest BCUT2D eigenvalue weighted by Crippen LogP contribution is 2.42. The van der Waals surface area contributed by atoms with Crippen molar-refractivity contribution in [1.29, 1.82) is 0 Å². The van der Waals surface area contributed by atoms with Crippen molar-refractivity contribution in [3.63, 3.8) is 0 Å². The topological polar surface area (TPSA) is 24.4 Å². The van der Waals surface area contributed by atoms with Crippen LogP contribution in [0, 0.1) is 5.92 Å². The molecule has 0 spiro atoms. The second-order valence-electron chi connectivity index (χ2n) is 4.39. The van der Waals surface area contributed by atoms with E-state index in [1.807, 2.05) is 30.0 Å². The van der Waals surface area contributed by atoms with Gasteiger partial charge in [-0.05, 0) is 37.0 Å². The number of nitrogens with one attached hydrogen (secondary N) is 1. The molecule has 1 atom stereocenters. The van der Waals surface area contributed by atoms with Crippen LogP contribution >= 0.6 is 39.3 Å². The molecule has 0 amide bonds. The normalized spacial score (nSPS) is 23.6. The molecule has 1 aliphatic heterocycles. The van der Waals surface area contributed by atoms with Gasteiger partial charge in [0, 0.05) is 9.72 Å². The summed E-state index contributed by atoms with van der Waals surface area (Å²) in [5.74, 6) is 0.892. The van der Waals surface area contributed by atoms with Gasteiger partial charge in [0.25, 0.3) is 0 Å². The predicted molar refractivity (Wildman–Crippen MR) is 79.2 cm³/mol. The maximum atomic E-state index is 6.16. The SMILES string of the molecule is Clc1cc(Br)ccc1NC1=NCC(C2CC2)S1. The Hall–Kier alpha value is -0.190. The van der Waals surface area contributed by atoms with Crippen molar-refractivity contribution in [2.45, 2.75) is 18.1 Å². The Kier molecular flexibility index (Phi) is 3.37. The maximum absolute atomic E-state index is 6.16. The van der Waals surface area contributed by atoms with E-state index in [0.29, 0.717) is 5.25 Å². The van der Waals surface area contributed by atoms with Crippen LogP contribution in [0.2, 0.25) is 5.02 Å². The van der Waals surface area contributed by atoms with Crippen LogP contribution in [0.3, 0.4) is 0 Å². The zero-order valence-corrected chi connectivity index (χ0v) is 12.3. The molecule has 2 nitrogen and oxygen atoms in total. The molecule has 1 heterocycles. The van der Waals surface area contributed by atoms with E-state index in [1.54, 1.807) is 0 Å². The minimum absolute atomic E-state index is 0.687. The minimum Gasteiger partial charge on any atom is -0.334 e. The van der Waals surface area contributed by atoms with Crippen LogP contribution in [-0.2, 0) is 0 Å². The van der Waals surface area contributed by atoms with Crippen LogP contribution in [0.15, 0.2) is 27.7 Å². The minimum atomic E-state index is 0.687. The van der Waals surface area contributed by atoms with Gasteiger partial charge >= 0.3 is 0 Å². The maximum Gasteiger partial charge on any atom is 0.161 e. The van der Waals surface area contributed by atoms with Crippen molar-refractivity contribution in [3.8, 4) is 0 Å². The quantitative estimate of drug-likeness (QED) is 0.869. The molecule has 0 bridgehead atoms. The Balaban J connectivity index is 1.66. The lowest BCUT2D eigenvalue weighted by Gasteiger charge is -2.09. The molecule has 1 unspecified atom stereocenters. The molecule has 90 valence electrons. The van der Waals surface area contributed by atoms with Crippen LogP contribution in [0.25, 0.3) is 0 Å². The third-order valence-electron chi connectivity index (χ3n) is 3.00. The van der Waals surface area contributed by atoms with Gasteiger partial charge < -0.3 is 5.32 Å². The Labute approximate surface area is 118 Å². The van der Waals surface area contributed by atoms with E-state index >= 15 is 0 Å².